The number of hydrogen-bond donors (Lipinski definition) is 1. The third kappa shape index (κ3) is 3.73. The first-order valence-electron chi connectivity index (χ1n) is 9.36. The molecule has 2 aliphatic rings. The van der Waals surface area contributed by atoms with Crippen LogP contribution in [0.2, 0.25) is 0 Å². The standard InChI is InChI=1S/C21H25N3O2/c1-26-20-10-11-22-13-17(20)14-24-12-2-3-19(24)21(25)23-18-8-6-16(7-9-18)15-4-5-15/h6-11,13,15,19H,2-5,12,14H2,1H3,(H,23,25)/t19-/m1/s1. The average Bonchev–Trinajstić information content (AvgIpc) is 3.42. The van der Waals surface area contributed by atoms with Crippen LogP contribution >= 0.6 is 0 Å². The summed E-state index contributed by atoms with van der Waals surface area (Å²) in [6.07, 6.45) is 8.04. The summed E-state index contributed by atoms with van der Waals surface area (Å²) in [5, 5.41) is 3.09. The first kappa shape index (κ1) is 17.0. The number of hydrogen-bond acceptors (Lipinski definition) is 4. The second-order valence-electron chi connectivity index (χ2n) is 7.20. The monoisotopic (exact) mass is 351 g/mol. The number of rotatable bonds is 6. The summed E-state index contributed by atoms with van der Waals surface area (Å²) in [4.78, 5) is 19.2. The Bertz CT molecular complexity index is 771. The van der Waals surface area contributed by atoms with Gasteiger partial charge in [-0.1, -0.05) is 12.1 Å². The highest BCUT2D eigenvalue weighted by molar-refractivity contribution is 5.95. The molecule has 1 aromatic heterocycles. The highest BCUT2D eigenvalue weighted by atomic mass is 16.5. The number of benzene rings is 1. The van der Waals surface area contributed by atoms with Crippen molar-refractivity contribution in [3.05, 3.63) is 53.9 Å². The van der Waals surface area contributed by atoms with Gasteiger partial charge in [0.25, 0.3) is 0 Å². The largest absolute Gasteiger partial charge is 0.496 e. The van der Waals surface area contributed by atoms with Gasteiger partial charge in [0.05, 0.1) is 13.2 Å². The van der Waals surface area contributed by atoms with Crippen molar-refractivity contribution in [1.29, 1.82) is 0 Å². The van der Waals surface area contributed by atoms with Crippen molar-refractivity contribution in [2.24, 2.45) is 0 Å². The number of ether oxygens (including phenoxy) is 1. The number of nitrogens with one attached hydrogen (secondary N) is 1. The molecule has 1 aliphatic carbocycles. The predicted molar refractivity (Wildman–Crippen MR) is 101 cm³/mol. The van der Waals surface area contributed by atoms with Crippen molar-refractivity contribution in [1.82, 2.24) is 9.88 Å². The van der Waals surface area contributed by atoms with Crippen molar-refractivity contribution < 1.29 is 9.53 Å². The van der Waals surface area contributed by atoms with E-state index in [1.54, 1.807) is 13.3 Å². The number of amides is 1. The molecule has 0 radical (unpaired) electrons. The summed E-state index contributed by atoms with van der Waals surface area (Å²) >= 11 is 0. The summed E-state index contributed by atoms with van der Waals surface area (Å²) in [5.74, 6) is 1.63. The fraction of sp³-hybridized carbons (Fsp3) is 0.429. The molecule has 2 fully saturated rings. The maximum atomic E-state index is 12.8. The van der Waals surface area contributed by atoms with Crippen LogP contribution in [-0.2, 0) is 11.3 Å². The lowest BCUT2D eigenvalue weighted by Crippen LogP contribution is -2.39. The normalized spacial score (nSPS) is 20.1. The Morgan fingerprint density at radius 3 is 2.77 bits per heavy atom. The SMILES string of the molecule is COc1ccncc1CN1CCC[C@@H]1C(=O)Nc1ccc(C2CC2)cc1. The lowest BCUT2D eigenvalue weighted by molar-refractivity contribution is -0.120. The molecule has 5 nitrogen and oxygen atoms in total. The van der Waals surface area contributed by atoms with Crippen LogP contribution in [0.25, 0.3) is 0 Å². The van der Waals surface area contributed by atoms with Gasteiger partial charge in [0.2, 0.25) is 5.91 Å². The van der Waals surface area contributed by atoms with E-state index in [1.165, 1.54) is 18.4 Å². The van der Waals surface area contributed by atoms with Gasteiger partial charge < -0.3 is 10.1 Å². The Kier molecular flexibility index (Phi) is 4.89. The highest BCUT2D eigenvalue weighted by Crippen LogP contribution is 2.40. The van der Waals surface area contributed by atoms with E-state index in [9.17, 15) is 4.79 Å². The quantitative estimate of drug-likeness (QED) is 0.864. The fourth-order valence-electron chi connectivity index (χ4n) is 3.74. The Hall–Kier alpha value is -2.40. The van der Waals surface area contributed by atoms with Crippen molar-refractivity contribution in [3.8, 4) is 5.75 Å². The molecule has 26 heavy (non-hydrogen) atoms. The van der Waals surface area contributed by atoms with E-state index < -0.39 is 0 Å². The lowest BCUT2D eigenvalue weighted by atomic mass is 10.1. The summed E-state index contributed by atoms with van der Waals surface area (Å²) < 4.78 is 5.42. The zero-order valence-corrected chi connectivity index (χ0v) is 15.1. The number of nitrogens with zero attached hydrogens (tertiary/aromatic N) is 2. The van der Waals surface area contributed by atoms with Crippen LogP contribution in [0.1, 0.15) is 42.7 Å². The zero-order chi connectivity index (χ0) is 17.9. The van der Waals surface area contributed by atoms with Crippen LogP contribution < -0.4 is 10.1 Å². The molecule has 4 rings (SSSR count). The Labute approximate surface area is 154 Å². The van der Waals surface area contributed by atoms with Gasteiger partial charge in [0.15, 0.2) is 0 Å². The van der Waals surface area contributed by atoms with Crippen molar-refractivity contribution >= 4 is 11.6 Å². The van der Waals surface area contributed by atoms with Crippen LogP contribution in [0, 0.1) is 0 Å². The minimum absolute atomic E-state index is 0.0736. The first-order chi connectivity index (χ1) is 12.7. The highest BCUT2D eigenvalue weighted by Gasteiger charge is 2.31. The number of carbonyl (C=O) groups is 1. The van der Waals surface area contributed by atoms with E-state index in [1.807, 2.05) is 24.4 Å². The van der Waals surface area contributed by atoms with Gasteiger partial charge in [-0.2, -0.15) is 0 Å². The lowest BCUT2D eigenvalue weighted by Gasteiger charge is -2.24. The van der Waals surface area contributed by atoms with Crippen LogP contribution in [0.5, 0.6) is 5.75 Å². The molecule has 0 bridgehead atoms. The van der Waals surface area contributed by atoms with Gasteiger partial charge >= 0.3 is 0 Å². The summed E-state index contributed by atoms with van der Waals surface area (Å²) in [6, 6.07) is 10.1. The molecule has 1 saturated heterocycles. The molecule has 1 amide bonds. The molecule has 1 aliphatic heterocycles. The number of methoxy groups -OCH3 is 1. The second kappa shape index (κ2) is 7.46. The van der Waals surface area contributed by atoms with Crippen LogP contribution in [0.3, 0.4) is 0 Å². The van der Waals surface area contributed by atoms with Gasteiger partial charge in [0, 0.05) is 30.2 Å². The van der Waals surface area contributed by atoms with Crippen LogP contribution in [0.4, 0.5) is 5.69 Å². The molecule has 0 unspecified atom stereocenters. The summed E-state index contributed by atoms with van der Waals surface area (Å²) in [6.45, 7) is 1.59. The fourth-order valence-corrected chi connectivity index (χ4v) is 3.74. The van der Waals surface area contributed by atoms with E-state index in [-0.39, 0.29) is 11.9 Å². The molecule has 1 N–H and O–H groups in total. The summed E-state index contributed by atoms with van der Waals surface area (Å²) in [5.41, 5.74) is 3.28. The Balaban J connectivity index is 1.41. The maximum Gasteiger partial charge on any atom is 0.241 e. The molecule has 1 saturated carbocycles. The molecule has 2 aromatic rings. The predicted octanol–water partition coefficient (Wildman–Crippen LogP) is 3.57. The molecule has 1 aromatic carbocycles. The minimum atomic E-state index is -0.108. The third-order valence-corrected chi connectivity index (χ3v) is 5.35. The molecule has 2 heterocycles. The summed E-state index contributed by atoms with van der Waals surface area (Å²) in [7, 11) is 1.66. The van der Waals surface area contributed by atoms with E-state index in [2.05, 4.69) is 27.3 Å². The molecule has 0 spiro atoms. The number of anilines is 1. The van der Waals surface area contributed by atoms with Crippen molar-refractivity contribution in [2.45, 2.75) is 44.2 Å². The average molecular weight is 351 g/mol. The van der Waals surface area contributed by atoms with E-state index in [0.717, 1.165) is 42.3 Å². The second-order valence-corrected chi connectivity index (χ2v) is 7.20. The van der Waals surface area contributed by atoms with Gasteiger partial charge in [-0.3, -0.25) is 14.7 Å². The Morgan fingerprint density at radius 2 is 2.04 bits per heavy atom. The van der Waals surface area contributed by atoms with Crippen LogP contribution in [-0.4, -0.2) is 35.5 Å². The zero-order valence-electron chi connectivity index (χ0n) is 15.1. The number of carbonyl (C=O) groups excluding carboxylic acids is 1. The number of aromatic nitrogens is 1. The van der Waals surface area contributed by atoms with Crippen molar-refractivity contribution in [3.63, 3.8) is 0 Å². The van der Waals surface area contributed by atoms with E-state index in [0.29, 0.717) is 6.54 Å². The van der Waals surface area contributed by atoms with E-state index in [4.69, 9.17) is 4.74 Å². The Morgan fingerprint density at radius 1 is 1.23 bits per heavy atom. The van der Waals surface area contributed by atoms with Crippen LogP contribution in [0.15, 0.2) is 42.7 Å². The number of pyridine rings is 1. The third-order valence-electron chi connectivity index (χ3n) is 5.35. The molecule has 1 atom stereocenters. The number of likely N-dealkylation sites (tertiary alicyclic amines) is 1. The van der Waals surface area contributed by atoms with Gasteiger partial charge in [-0.25, -0.2) is 0 Å². The smallest absolute Gasteiger partial charge is 0.241 e. The maximum absolute atomic E-state index is 12.8. The molecular weight excluding hydrogens is 326 g/mol. The topological polar surface area (TPSA) is 54.5 Å². The van der Waals surface area contributed by atoms with Gasteiger partial charge in [-0.05, 0) is 61.9 Å². The molecule has 136 valence electrons. The van der Waals surface area contributed by atoms with E-state index >= 15 is 0 Å². The molecule has 5 heteroatoms. The van der Waals surface area contributed by atoms with Gasteiger partial charge in [-0.15, -0.1) is 0 Å². The first-order valence-corrected chi connectivity index (χ1v) is 9.36. The molecular formula is C21H25N3O2. The van der Waals surface area contributed by atoms with Crippen molar-refractivity contribution in [2.75, 3.05) is 19.0 Å². The minimum Gasteiger partial charge on any atom is -0.496 e. The van der Waals surface area contributed by atoms with Gasteiger partial charge in [0.1, 0.15) is 5.75 Å².